The van der Waals surface area contributed by atoms with Gasteiger partial charge in [-0.25, -0.2) is 0 Å². The van der Waals surface area contributed by atoms with Crippen molar-refractivity contribution in [2.45, 2.75) is 19.1 Å². The molecule has 0 radical (unpaired) electrons. The number of hydrogen-bond acceptors (Lipinski definition) is 4. The van der Waals surface area contributed by atoms with Crippen molar-refractivity contribution < 1.29 is 32.1 Å². The van der Waals surface area contributed by atoms with E-state index in [0.29, 0.717) is 17.1 Å². The molecule has 0 saturated heterocycles. The Kier molecular flexibility index (Phi) is 5.31. The van der Waals surface area contributed by atoms with Crippen molar-refractivity contribution in [2.75, 3.05) is 7.11 Å². The van der Waals surface area contributed by atoms with Crippen molar-refractivity contribution in [3.63, 3.8) is 0 Å². The fraction of sp³-hybridized carbons (Fsp3) is 0.222. The van der Waals surface area contributed by atoms with Gasteiger partial charge in [0.1, 0.15) is 19.1 Å². The molecule has 2 aromatic carbocycles. The monoisotopic (exact) mass is 430 g/mol. The maximum atomic E-state index is 13.3. The minimum Gasteiger partial charge on any atom is -0.493 e. The van der Waals surface area contributed by atoms with Gasteiger partial charge in [-0.3, -0.25) is 0 Å². The van der Waals surface area contributed by atoms with Crippen LogP contribution in [0.1, 0.15) is 23.0 Å². The van der Waals surface area contributed by atoms with Gasteiger partial charge in [0, 0.05) is 15.6 Å². The molecule has 4 nitrogen and oxygen atoms in total. The minimum atomic E-state index is -4.49. The quantitative estimate of drug-likeness (QED) is 0.620. The Morgan fingerprint density at radius 2 is 1.81 bits per heavy atom. The van der Waals surface area contributed by atoms with Crippen LogP contribution in [0, 0.1) is 0 Å². The van der Waals surface area contributed by atoms with E-state index in [4.69, 9.17) is 18.9 Å². The molecular weight excluding hydrogens is 417 g/mol. The highest BCUT2D eigenvalue weighted by Gasteiger charge is 2.35. The van der Waals surface area contributed by atoms with Crippen LogP contribution < -0.4 is 9.47 Å². The maximum absolute atomic E-state index is 13.3. The summed E-state index contributed by atoms with van der Waals surface area (Å²) >= 11 is 2.95. The van der Waals surface area contributed by atoms with Crippen molar-refractivity contribution >= 4 is 15.9 Å². The number of ether oxygens (including phenoxy) is 4. The van der Waals surface area contributed by atoms with Gasteiger partial charge in [-0.15, -0.1) is 0 Å². The molecule has 0 saturated carbocycles. The summed E-state index contributed by atoms with van der Waals surface area (Å²) in [4.78, 5) is 0. The van der Waals surface area contributed by atoms with E-state index in [-0.39, 0.29) is 16.6 Å². The Bertz CT molecular complexity index is 813. The number of alkyl halides is 3. The Labute approximate surface area is 156 Å². The predicted octanol–water partition coefficient (Wildman–Crippen LogP) is 5.57. The second-order valence-electron chi connectivity index (χ2n) is 5.35. The highest BCUT2D eigenvalue weighted by atomic mass is 79.9. The van der Waals surface area contributed by atoms with Gasteiger partial charge < -0.3 is 18.9 Å². The number of rotatable bonds is 5. The first-order chi connectivity index (χ1) is 12.4. The third-order valence-corrected chi connectivity index (χ3v) is 4.35. The summed E-state index contributed by atoms with van der Waals surface area (Å²) in [5.41, 5.74) is -0.0447. The van der Waals surface area contributed by atoms with E-state index < -0.39 is 18.0 Å². The Hall–Kier alpha value is -2.35. The lowest BCUT2D eigenvalue weighted by Crippen LogP contribution is -2.12. The number of benzene rings is 2. The fourth-order valence-corrected chi connectivity index (χ4v) is 3.14. The van der Waals surface area contributed by atoms with E-state index >= 15 is 0 Å². The zero-order valence-electron chi connectivity index (χ0n) is 13.5. The fourth-order valence-electron chi connectivity index (χ4n) is 2.51. The topological polar surface area (TPSA) is 36.9 Å². The standard InChI is InChI=1S/C18H14BrF3O4/c1-23-15-9-11(17-24-7-8-25-17)5-6-14(15)26-10-12-3-2-4-13(19)16(12)18(20,21)22/h2-9,17H,10H2,1H3. The van der Waals surface area contributed by atoms with Crippen LogP contribution in [0.2, 0.25) is 0 Å². The molecule has 0 unspecified atom stereocenters. The zero-order valence-corrected chi connectivity index (χ0v) is 15.1. The summed E-state index contributed by atoms with van der Waals surface area (Å²) < 4.78 is 61.1. The van der Waals surface area contributed by atoms with Crippen LogP contribution in [0.25, 0.3) is 0 Å². The third kappa shape index (κ3) is 3.90. The molecule has 0 bridgehead atoms. The number of hydrogen-bond donors (Lipinski definition) is 0. The molecule has 0 aromatic heterocycles. The average Bonchev–Trinajstić information content (AvgIpc) is 3.13. The highest BCUT2D eigenvalue weighted by Crippen LogP contribution is 2.39. The van der Waals surface area contributed by atoms with Crippen molar-refractivity contribution in [3.8, 4) is 11.5 Å². The molecule has 0 amide bonds. The minimum absolute atomic E-state index is 0.0182. The molecule has 1 heterocycles. The molecule has 0 N–H and O–H groups in total. The van der Waals surface area contributed by atoms with Crippen LogP contribution >= 0.6 is 15.9 Å². The van der Waals surface area contributed by atoms with Gasteiger partial charge in [0.05, 0.1) is 12.7 Å². The van der Waals surface area contributed by atoms with Crippen molar-refractivity contribution in [1.82, 2.24) is 0 Å². The average molecular weight is 431 g/mol. The van der Waals surface area contributed by atoms with E-state index in [0.717, 1.165) is 0 Å². The van der Waals surface area contributed by atoms with Crippen molar-refractivity contribution in [1.29, 1.82) is 0 Å². The van der Waals surface area contributed by atoms with E-state index in [1.54, 1.807) is 18.2 Å². The summed E-state index contributed by atoms with van der Waals surface area (Å²) in [5.74, 6) is 0.681. The molecule has 0 fully saturated rings. The number of methoxy groups -OCH3 is 1. The van der Waals surface area contributed by atoms with Gasteiger partial charge in [-0.05, 0) is 24.3 Å². The third-order valence-electron chi connectivity index (χ3n) is 3.69. The van der Waals surface area contributed by atoms with E-state index in [1.807, 2.05) is 0 Å². The van der Waals surface area contributed by atoms with Crippen LogP contribution in [0.4, 0.5) is 13.2 Å². The normalized spacial score (nSPS) is 14.0. The molecule has 1 aliphatic heterocycles. The molecule has 2 aromatic rings. The van der Waals surface area contributed by atoms with Gasteiger partial charge in [-0.1, -0.05) is 28.1 Å². The van der Waals surface area contributed by atoms with Crippen LogP contribution in [0.3, 0.4) is 0 Å². The highest BCUT2D eigenvalue weighted by molar-refractivity contribution is 9.10. The molecule has 0 atom stereocenters. The second-order valence-corrected chi connectivity index (χ2v) is 6.20. The molecule has 0 aliphatic carbocycles. The molecule has 3 rings (SSSR count). The molecule has 26 heavy (non-hydrogen) atoms. The molecule has 138 valence electrons. The SMILES string of the molecule is COc1cc(C2OC=CO2)ccc1OCc1cccc(Br)c1C(F)(F)F. The zero-order chi connectivity index (χ0) is 18.7. The summed E-state index contributed by atoms with van der Waals surface area (Å²) in [6.45, 7) is -0.262. The Morgan fingerprint density at radius 3 is 2.46 bits per heavy atom. The van der Waals surface area contributed by atoms with Crippen LogP contribution in [-0.4, -0.2) is 7.11 Å². The van der Waals surface area contributed by atoms with Gasteiger partial charge in [0.2, 0.25) is 0 Å². The van der Waals surface area contributed by atoms with Crippen LogP contribution in [0.15, 0.2) is 53.4 Å². The molecule has 0 spiro atoms. The first-order valence-corrected chi connectivity index (χ1v) is 8.30. The van der Waals surface area contributed by atoms with Gasteiger partial charge >= 0.3 is 6.18 Å². The van der Waals surface area contributed by atoms with Gasteiger partial charge in [0.15, 0.2) is 11.5 Å². The van der Waals surface area contributed by atoms with Gasteiger partial charge in [-0.2, -0.15) is 13.2 Å². The predicted molar refractivity (Wildman–Crippen MR) is 90.5 cm³/mol. The first-order valence-electron chi connectivity index (χ1n) is 7.51. The summed E-state index contributed by atoms with van der Waals surface area (Å²) in [6, 6.07) is 9.20. The van der Waals surface area contributed by atoms with E-state index in [1.165, 1.54) is 37.8 Å². The van der Waals surface area contributed by atoms with Crippen LogP contribution in [0.5, 0.6) is 11.5 Å². The molecule has 1 aliphatic rings. The lowest BCUT2D eigenvalue weighted by Gasteiger charge is -2.17. The van der Waals surface area contributed by atoms with Gasteiger partial charge in [0.25, 0.3) is 6.29 Å². The largest absolute Gasteiger partial charge is 0.493 e. The molecular formula is C18H14BrF3O4. The Balaban J connectivity index is 1.81. The van der Waals surface area contributed by atoms with Crippen molar-refractivity contribution in [3.05, 3.63) is 70.1 Å². The van der Waals surface area contributed by atoms with Crippen molar-refractivity contribution in [2.24, 2.45) is 0 Å². The summed E-state index contributed by atoms with van der Waals surface area (Å²) in [7, 11) is 1.45. The smallest absolute Gasteiger partial charge is 0.417 e. The number of halogens is 4. The lowest BCUT2D eigenvalue weighted by atomic mass is 10.1. The first kappa shape index (κ1) is 18.4. The Morgan fingerprint density at radius 1 is 1.08 bits per heavy atom. The maximum Gasteiger partial charge on any atom is 0.417 e. The molecule has 8 heteroatoms. The summed E-state index contributed by atoms with van der Waals surface area (Å²) in [6.07, 6.45) is -2.22. The lowest BCUT2D eigenvalue weighted by molar-refractivity contribution is -0.139. The van der Waals surface area contributed by atoms with E-state index in [2.05, 4.69) is 15.9 Å². The van der Waals surface area contributed by atoms with Crippen LogP contribution in [-0.2, 0) is 22.3 Å². The van der Waals surface area contributed by atoms with E-state index in [9.17, 15) is 13.2 Å². The second kappa shape index (κ2) is 7.49. The summed E-state index contributed by atoms with van der Waals surface area (Å²) in [5, 5.41) is 0.